The van der Waals surface area contributed by atoms with E-state index in [-0.39, 0.29) is 18.3 Å². The SMILES string of the molecule is CCCCCCN(CCC(=O)OC)C(=O)c1ccc(OC)c(OC)c1. The van der Waals surface area contributed by atoms with Crippen molar-refractivity contribution in [3.05, 3.63) is 23.8 Å². The number of carbonyl (C=O) groups is 2. The Morgan fingerprint density at radius 3 is 2.28 bits per heavy atom. The Hall–Kier alpha value is -2.24. The van der Waals surface area contributed by atoms with Gasteiger partial charge in [-0.1, -0.05) is 26.2 Å². The lowest BCUT2D eigenvalue weighted by Crippen LogP contribution is -2.34. The van der Waals surface area contributed by atoms with Gasteiger partial charge in [0.05, 0.1) is 27.8 Å². The zero-order valence-electron chi connectivity index (χ0n) is 15.7. The van der Waals surface area contributed by atoms with Gasteiger partial charge in [-0.3, -0.25) is 9.59 Å². The van der Waals surface area contributed by atoms with Crippen LogP contribution in [0.3, 0.4) is 0 Å². The van der Waals surface area contributed by atoms with Crippen LogP contribution in [0.2, 0.25) is 0 Å². The zero-order chi connectivity index (χ0) is 18.7. The van der Waals surface area contributed by atoms with E-state index in [1.165, 1.54) is 14.2 Å². The Bertz CT molecular complexity index is 559. The maximum Gasteiger partial charge on any atom is 0.307 e. The minimum atomic E-state index is -0.321. The molecule has 0 N–H and O–H groups in total. The van der Waals surface area contributed by atoms with Crippen molar-refractivity contribution in [3.8, 4) is 11.5 Å². The van der Waals surface area contributed by atoms with E-state index in [9.17, 15) is 9.59 Å². The Balaban J connectivity index is 2.86. The maximum atomic E-state index is 12.9. The average Bonchev–Trinajstić information content (AvgIpc) is 2.65. The summed E-state index contributed by atoms with van der Waals surface area (Å²) in [6.07, 6.45) is 4.42. The van der Waals surface area contributed by atoms with Gasteiger partial charge in [-0.05, 0) is 24.6 Å². The molecule has 0 fully saturated rings. The topological polar surface area (TPSA) is 65.1 Å². The van der Waals surface area contributed by atoms with Crippen LogP contribution in [0.1, 0.15) is 49.4 Å². The molecule has 25 heavy (non-hydrogen) atoms. The second-order valence-corrected chi connectivity index (χ2v) is 5.75. The van der Waals surface area contributed by atoms with Gasteiger partial charge in [0, 0.05) is 18.7 Å². The zero-order valence-corrected chi connectivity index (χ0v) is 15.7. The highest BCUT2D eigenvalue weighted by molar-refractivity contribution is 5.95. The smallest absolute Gasteiger partial charge is 0.307 e. The summed E-state index contributed by atoms with van der Waals surface area (Å²) in [6, 6.07) is 5.08. The van der Waals surface area contributed by atoms with Crippen molar-refractivity contribution < 1.29 is 23.8 Å². The third-order valence-electron chi connectivity index (χ3n) is 4.01. The van der Waals surface area contributed by atoms with E-state index in [0.29, 0.717) is 30.2 Å². The molecule has 0 aliphatic heterocycles. The van der Waals surface area contributed by atoms with Gasteiger partial charge in [-0.25, -0.2) is 0 Å². The van der Waals surface area contributed by atoms with Crippen LogP contribution in [0.25, 0.3) is 0 Å². The minimum absolute atomic E-state index is 0.124. The molecule has 6 nitrogen and oxygen atoms in total. The largest absolute Gasteiger partial charge is 0.493 e. The number of rotatable bonds is 11. The highest BCUT2D eigenvalue weighted by atomic mass is 16.5. The van der Waals surface area contributed by atoms with Gasteiger partial charge < -0.3 is 19.1 Å². The first-order valence-corrected chi connectivity index (χ1v) is 8.65. The van der Waals surface area contributed by atoms with Gasteiger partial charge in [0.15, 0.2) is 11.5 Å². The van der Waals surface area contributed by atoms with Gasteiger partial charge in [0.1, 0.15) is 0 Å². The number of esters is 1. The fourth-order valence-electron chi connectivity index (χ4n) is 2.52. The summed E-state index contributed by atoms with van der Waals surface area (Å²) in [5.74, 6) is 0.635. The standard InChI is InChI=1S/C19H29NO5/c1-5-6-7-8-12-20(13-11-18(21)25-4)19(22)15-9-10-16(23-2)17(14-15)24-3/h9-10,14H,5-8,11-13H2,1-4H3. The lowest BCUT2D eigenvalue weighted by molar-refractivity contribution is -0.140. The van der Waals surface area contributed by atoms with E-state index in [4.69, 9.17) is 9.47 Å². The number of methoxy groups -OCH3 is 3. The fourth-order valence-corrected chi connectivity index (χ4v) is 2.52. The van der Waals surface area contributed by atoms with Crippen LogP contribution < -0.4 is 9.47 Å². The number of nitrogens with zero attached hydrogens (tertiary/aromatic N) is 1. The number of unbranched alkanes of at least 4 members (excludes halogenated alkanes) is 3. The van der Waals surface area contributed by atoms with Crippen molar-refractivity contribution in [1.29, 1.82) is 0 Å². The number of hydrogen-bond donors (Lipinski definition) is 0. The molecule has 6 heteroatoms. The maximum absolute atomic E-state index is 12.9. The molecule has 0 saturated carbocycles. The molecular weight excluding hydrogens is 322 g/mol. The van der Waals surface area contributed by atoms with Crippen molar-refractivity contribution >= 4 is 11.9 Å². The van der Waals surface area contributed by atoms with Crippen LogP contribution in [-0.4, -0.2) is 51.2 Å². The Kier molecular flexibility index (Phi) is 9.43. The first-order valence-electron chi connectivity index (χ1n) is 8.65. The number of ether oxygens (including phenoxy) is 3. The highest BCUT2D eigenvalue weighted by Crippen LogP contribution is 2.28. The van der Waals surface area contributed by atoms with E-state index in [0.717, 1.165) is 25.7 Å². The van der Waals surface area contributed by atoms with Crippen LogP contribution in [0.4, 0.5) is 0 Å². The molecule has 0 aromatic heterocycles. The number of amides is 1. The second-order valence-electron chi connectivity index (χ2n) is 5.75. The van der Waals surface area contributed by atoms with E-state index in [1.807, 2.05) is 0 Å². The summed E-state index contributed by atoms with van der Waals surface area (Å²) >= 11 is 0. The van der Waals surface area contributed by atoms with Gasteiger partial charge in [0.25, 0.3) is 5.91 Å². The minimum Gasteiger partial charge on any atom is -0.493 e. The van der Waals surface area contributed by atoms with Crippen molar-refractivity contribution in [2.75, 3.05) is 34.4 Å². The molecule has 1 aromatic rings. The molecular formula is C19H29NO5. The molecule has 0 aliphatic carbocycles. The highest BCUT2D eigenvalue weighted by Gasteiger charge is 2.18. The quantitative estimate of drug-likeness (QED) is 0.452. The van der Waals surface area contributed by atoms with Gasteiger partial charge in [-0.15, -0.1) is 0 Å². The molecule has 0 spiro atoms. The average molecular weight is 351 g/mol. The molecule has 1 aromatic carbocycles. The third-order valence-corrected chi connectivity index (χ3v) is 4.01. The number of carbonyl (C=O) groups excluding carboxylic acids is 2. The molecule has 0 saturated heterocycles. The van der Waals surface area contributed by atoms with Crippen LogP contribution in [0.15, 0.2) is 18.2 Å². The molecule has 1 rings (SSSR count). The van der Waals surface area contributed by atoms with Crippen molar-refractivity contribution in [2.45, 2.75) is 39.0 Å². The third kappa shape index (κ3) is 6.64. The normalized spacial score (nSPS) is 10.2. The molecule has 0 heterocycles. The molecule has 1 amide bonds. The van der Waals surface area contributed by atoms with E-state index in [2.05, 4.69) is 11.7 Å². The molecule has 0 unspecified atom stereocenters. The van der Waals surface area contributed by atoms with Crippen molar-refractivity contribution in [1.82, 2.24) is 4.90 Å². The van der Waals surface area contributed by atoms with E-state index in [1.54, 1.807) is 30.2 Å². The number of hydrogen-bond acceptors (Lipinski definition) is 5. The van der Waals surface area contributed by atoms with Crippen molar-refractivity contribution in [3.63, 3.8) is 0 Å². The van der Waals surface area contributed by atoms with E-state index >= 15 is 0 Å². The van der Waals surface area contributed by atoms with Crippen molar-refractivity contribution in [2.24, 2.45) is 0 Å². The summed E-state index contributed by atoms with van der Waals surface area (Å²) in [6.45, 7) is 3.10. The Morgan fingerprint density at radius 2 is 1.68 bits per heavy atom. The predicted molar refractivity (Wildman–Crippen MR) is 96.2 cm³/mol. The second kappa shape index (κ2) is 11.3. The molecule has 0 radical (unpaired) electrons. The fraction of sp³-hybridized carbons (Fsp3) is 0.579. The number of benzene rings is 1. The van der Waals surface area contributed by atoms with Gasteiger partial charge in [0.2, 0.25) is 0 Å². The molecule has 0 bridgehead atoms. The van der Waals surface area contributed by atoms with Crippen LogP contribution in [0.5, 0.6) is 11.5 Å². The predicted octanol–water partition coefficient (Wildman–Crippen LogP) is 3.29. The summed E-state index contributed by atoms with van der Waals surface area (Å²) in [5, 5.41) is 0. The first-order chi connectivity index (χ1) is 12.1. The monoisotopic (exact) mass is 351 g/mol. The first kappa shape index (κ1) is 20.8. The molecule has 140 valence electrons. The summed E-state index contributed by atoms with van der Waals surface area (Å²) in [4.78, 5) is 26.0. The molecule has 0 atom stereocenters. The van der Waals surface area contributed by atoms with Gasteiger partial charge in [-0.2, -0.15) is 0 Å². The van der Waals surface area contributed by atoms with Crippen LogP contribution >= 0.6 is 0 Å². The Morgan fingerprint density at radius 1 is 0.960 bits per heavy atom. The summed E-state index contributed by atoms with van der Waals surface area (Å²) in [7, 11) is 4.44. The lowest BCUT2D eigenvalue weighted by atomic mass is 10.1. The Labute approximate surface area is 150 Å². The summed E-state index contributed by atoms with van der Waals surface area (Å²) in [5.41, 5.74) is 0.512. The lowest BCUT2D eigenvalue weighted by Gasteiger charge is -2.23. The molecule has 0 aliphatic rings. The van der Waals surface area contributed by atoms with E-state index < -0.39 is 0 Å². The van der Waals surface area contributed by atoms with Crippen LogP contribution in [-0.2, 0) is 9.53 Å². The summed E-state index contributed by atoms with van der Waals surface area (Å²) < 4.78 is 15.2. The van der Waals surface area contributed by atoms with Crippen LogP contribution in [0, 0.1) is 0 Å². The van der Waals surface area contributed by atoms with Gasteiger partial charge >= 0.3 is 5.97 Å².